The van der Waals surface area contributed by atoms with Gasteiger partial charge in [-0.1, -0.05) is 37.8 Å². The minimum absolute atomic E-state index is 0.0375. The molecule has 13 aromatic rings. The maximum Gasteiger partial charge on any atom is 0.471 e. The van der Waals surface area contributed by atoms with E-state index in [9.17, 15) is 30.7 Å². The minimum Gasteiger partial charge on any atom is -0.382 e. The highest BCUT2D eigenvalue weighted by Crippen LogP contribution is 2.35. The zero-order chi connectivity index (χ0) is 58.1. The lowest BCUT2D eigenvalue weighted by atomic mass is 10.3. The predicted molar refractivity (Wildman–Crippen MR) is 288 cm³/mol. The molecule has 0 aliphatic rings. The Labute approximate surface area is 476 Å². The van der Waals surface area contributed by atoms with E-state index in [0.29, 0.717) is 62.9 Å². The Morgan fingerprint density at radius 3 is 1.61 bits per heavy atom. The van der Waals surface area contributed by atoms with E-state index in [1.54, 1.807) is 149 Å². The van der Waals surface area contributed by atoms with Crippen LogP contribution in [0.5, 0.6) is 0 Å². The molecule has 420 valence electrons. The van der Waals surface area contributed by atoms with Gasteiger partial charge in [0.1, 0.15) is 28.4 Å². The van der Waals surface area contributed by atoms with Gasteiger partial charge in [-0.25, -0.2) is 34.4 Å². The lowest BCUT2D eigenvalue weighted by Gasteiger charge is -2.23. The van der Waals surface area contributed by atoms with Crippen LogP contribution in [0.4, 0.5) is 59.8 Å². The van der Waals surface area contributed by atoms with Gasteiger partial charge in [0.25, 0.3) is 0 Å². The molecule has 0 saturated heterocycles. The number of halogens is 9. The van der Waals surface area contributed by atoms with Crippen LogP contribution in [-0.2, 0) is 24.2 Å². The SMILES string of the molecule is CF.Clc1ccnc2ccnn12.FC(F)(F)c1nc(-c2ccc(CBr)s2)no1.FC(F)(F)c1nc(-c2ccc(CN(c3cnccn3)c3ccnc4ccnn34)s2)no1.Nc1cnccn1.c1cnc(Nc2ccnc3ccnn23)cn1. The first-order valence-corrected chi connectivity index (χ1v) is 25.9. The van der Waals surface area contributed by atoms with Crippen molar-refractivity contribution in [1.82, 2.24) is 94.0 Å². The van der Waals surface area contributed by atoms with Crippen molar-refractivity contribution in [3.63, 3.8) is 0 Å². The van der Waals surface area contributed by atoms with Gasteiger partial charge < -0.3 is 25.0 Å². The molecule has 13 rings (SSSR count). The van der Waals surface area contributed by atoms with Gasteiger partial charge in [0.15, 0.2) is 22.8 Å². The minimum atomic E-state index is -4.69. The first-order valence-electron chi connectivity index (χ1n) is 22.7. The molecule has 24 nitrogen and oxygen atoms in total. The van der Waals surface area contributed by atoms with Crippen LogP contribution in [0, 0.1) is 0 Å². The Bertz CT molecular complexity index is 4030. The van der Waals surface area contributed by atoms with Gasteiger partial charge >= 0.3 is 24.1 Å². The third-order valence-electron chi connectivity index (χ3n) is 9.86. The second kappa shape index (κ2) is 27.6. The number of aromatic nitrogens is 19. The van der Waals surface area contributed by atoms with E-state index in [1.165, 1.54) is 28.9 Å². The fraction of sp³-hybridized carbons (Fsp3) is 0.106. The van der Waals surface area contributed by atoms with Crippen LogP contribution in [0.25, 0.3) is 38.3 Å². The molecule has 0 saturated carbocycles. The number of fused-ring (bicyclic) bond motifs is 3. The summed E-state index contributed by atoms with van der Waals surface area (Å²) in [6.45, 7) is 0.353. The monoisotopic (exact) mass is 1250 g/mol. The van der Waals surface area contributed by atoms with Gasteiger partial charge in [0.2, 0.25) is 11.6 Å². The Morgan fingerprint density at radius 1 is 0.573 bits per heavy atom. The molecule has 0 spiro atoms. The van der Waals surface area contributed by atoms with Gasteiger partial charge in [0.05, 0.1) is 60.7 Å². The highest BCUT2D eigenvalue weighted by Gasteiger charge is 2.39. The quantitative estimate of drug-likeness (QED) is 0.0771. The van der Waals surface area contributed by atoms with E-state index in [2.05, 4.69) is 111 Å². The average molecular weight is 1250 g/mol. The van der Waals surface area contributed by atoms with Crippen molar-refractivity contribution in [2.24, 2.45) is 0 Å². The largest absolute Gasteiger partial charge is 0.471 e. The van der Waals surface area contributed by atoms with Crippen molar-refractivity contribution in [2.45, 2.75) is 24.2 Å². The van der Waals surface area contributed by atoms with Crippen molar-refractivity contribution < 1.29 is 39.8 Å². The fourth-order valence-electron chi connectivity index (χ4n) is 6.46. The molecule has 0 atom stereocenters. The van der Waals surface area contributed by atoms with Crippen molar-refractivity contribution in [1.29, 1.82) is 0 Å². The Kier molecular flexibility index (Phi) is 19.7. The Balaban J connectivity index is 0.000000146. The third-order valence-corrected chi connectivity index (χ3v) is 13.3. The van der Waals surface area contributed by atoms with Crippen LogP contribution in [0.3, 0.4) is 0 Å². The molecular formula is C47H35BrClF7N22O2S2. The molecule has 0 bridgehead atoms. The highest BCUT2D eigenvalue weighted by atomic mass is 79.9. The number of anilines is 5. The molecule has 0 aromatic carbocycles. The zero-order valence-corrected chi connectivity index (χ0v) is 45.4. The zero-order valence-electron chi connectivity index (χ0n) is 41.4. The van der Waals surface area contributed by atoms with E-state index >= 15 is 0 Å². The summed E-state index contributed by atoms with van der Waals surface area (Å²) in [6.07, 6.45) is 15.0. The first-order chi connectivity index (χ1) is 39.7. The van der Waals surface area contributed by atoms with E-state index in [-0.39, 0.29) is 11.6 Å². The van der Waals surface area contributed by atoms with Crippen molar-refractivity contribution >= 4 is 96.2 Å². The third kappa shape index (κ3) is 15.4. The lowest BCUT2D eigenvalue weighted by molar-refractivity contribution is -0.160. The number of thiophene rings is 2. The molecule has 0 unspecified atom stereocenters. The Morgan fingerprint density at radius 2 is 1.10 bits per heavy atom. The Hall–Kier alpha value is -9.54. The molecule has 0 fully saturated rings. The predicted octanol–water partition coefficient (Wildman–Crippen LogP) is 11.0. The van der Waals surface area contributed by atoms with Gasteiger partial charge in [-0.15, -0.1) is 22.7 Å². The number of nitrogen functional groups attached to an aromatic ring is 1. The second-order valence-electron chi connectivity index (χ2n) is 15.2. The number of hydrogen-bond acceptors (Lipinski definition) is 23. The van der Waals surface area contributed by atoms with E-state index in [1.807, 2.05) is 17.0 Å². The summed E-state index contributed by atoms with van der Waals surface area (Å²) in [6, 6.07) is 17.6. The summed E-state index contributed by atoms with van der Waals surface area (Å²) < 4.78 is 97.7. The fourth-order valence-corrected chi connectivity index (χ4v) is 8.88. The average Bonchev–Trinajstić information content (AvgIpc) is 4.47. The lowest BCUT2D eigenvalue weighted by Crippen LogP contribution is -2.20. The standard InChI is InChI=1S/C18H11F3N8OS.C10H8N6.C8H4BrF3N2OS.C6H4ClN3.C4H5N3.CH3F/c19-18(20,21)17-26-16(27-30-17)12-2-1-11(31-12)10-28(14-9-22-7-8-24-14)15-4-5-23-13-3-6-25-29(13)15;1-3-13-9-2-4-14-16(9)10(1)15-8-7-11-5-6-12-8;9-3-4-1-2-5(16-4)6-13-7(15-14-6)8(10,11)12;7-5-1-3-8-6-2-4-9-10(5)6;5-4-3-6-1-2-7-4;1-2/h1-9H,10H2;1-7H,(H,12,15);1-2H,3H2;1-4H;1-3H,(H2,5,7);1H3. The molecule has 35 heteroatoms. The van der Waals surface area contributed by atoms with Gasteiger partial charge in [0, 0.05) is 89.1 Å². The summed E-state index contributed by atoms with van der Waals surface area (Å²) in [4.78, 5) is 47.9. The van der Waals surface area contributed by atoms with Crippen LogP contribution < -0.4 is 16.0 Å². The number of nitrogens with one attached hydrogen (secondary N) is 1. The number of hydrogen-bond donors (Lipinski definition) is 2. The van der Waals surface area contributed by atoms with Gasteiger partial charge in [-0.05, 0) is 42.5 Å². The van der Waals surface area contributed by atoms with Crippen LogP contribution in [0.2, 0.25) is 5.15 Å². The summed E-state index contributed by atoms with van der Waals surface area (Å²) in [5.74, 6) is 0.345. The summed E-state index contributed by atoms with van der Waals surface area (Å²) >= 11 is 11.6. The van der Waals surface area contributed by atoms with Crippen LogP contribution in [0.15, 0.2) is 163 Å². The summed E-state index contributed by atoms with van der Waals surface area (Å²) in [5.41, 5.74) is 7.40. The number of nitrogens with zero attached hydrogens (tertiary/aromatic N) is 20. The molecule has 3 N–H and O–H groups in total. The highest BCUT2D eigenvalue weighted by molar-refractivity contribution is 9.08. The number of rotatable bonds is 9. The van der Waals surface area contributed by atoms with E-state index < -0.39 is 24.1 Å². The topological polar surface area (TPSA) is 287 Å². The molecule has 82 heavy (non-hydrogen) atoms. The second-order valence-corrected chi connectivity index (χ2v) is 18.5. The van der Waals surface area contributed by atoms with Crippen molar-refractivity contribution in [3.8, 4) is 21.4 Å². The van der Waals surface area contributed by atoms with Crippen LogP contribution in [-0.4, -0.2) is 101 Å². The van der Waals surface area contributed by atoms with Gasteiger partial charge in [-0.2, -0.15) is 60.6 Å². The molecular weight excluding hydrogens is 1220 g/mol. The maximum absolute atomic E-state index is 12.7. The number of nitrogens with two attached hydrogens (primary N) is 1. The molecule has 0 aliphatic carbocycles. The smallest absolute Gasteiger partial charge is 0.382 e. The van der Waals surface area contributed by atoms with Gasteiger partial charge in [-0.3, -0.25) is 19.3 Å². The van der Waals surface area contributed by atoms with Crippen LogP contribution >= 0.6 is 50.2 Å². The summed E-state index contributed by atoms with van der Waals surface area (Å²) in [5, 5.41) is 23.5. The first kappa shape index (κ1) is 58.6. The maximum atomic E-state index is 12.7. The molecule has 0 aliphatic heterocycles. The molecule has 13 aromatic heterocycles. The molecule has 0 amide bonds. The van der Waals surface area contributed by atoms with Crippen molar-refractivity contribution in [2.75, 3.05) is 23.1 Å². The number of alkyl halides is 8. The molecule has 0 radical (unpaired) electrons. The van der Waals surface area contributed by atoms with Crippen molar-refractivity contribution in [3.05, 3.63) is 180 Å². The van der Waals surface area contributed by atoms with Crippen LogP contribution in [0.1, 0.15) is 21.5 Å². The summed E-state index contributed by atoms with van der Waals surface area (Å²) in [7, 11) is 0.500. The molecule has 13 heterocycles. The van der Waals surface area contributed by atoms with E-state index in [4.69, 9.17) is 17.3 Å². The van der Waals surface area contributed by atoms with E-state index in [0.717, 1.165) is 26.9 Å². The normalized spacial score (nSPS) is 11.0.